The maximum absolute atomic E-state index is 4.70. The van der Waals surface area contributed by atoms with Crippen LogP contribution in [0.5, 0.6) is 0 Å². The van der Waals surface area contributed by atoms with E-state index in [1.807, 2.05) is 7.05 Å². The first-order valence-electron chi connectivity index (χ1n) is 6.28. The first-order chi connectivity index (χ1) is 7.79. The van der Waals surface area contributed by atoms with E-state index in [1.165, 1.54) is 31.4 Å². The molecule has 0 saturated heterocycles. The summed E-state index contributed by atoms with van der Waals surface area (Å²) in [7, 11) is 1.97. The number of aryl methyl sites for hydroxylation is 1. The third-order valence-corrected chi connectivity index (χ3v) is 3.29. The molecule has 3 nitrogen and oxygen atoms in total. The van der Waals surface area contributed by atoms with E-state index >= 15 is 0 Å². The Morgan fingerprint density at radius 1 is 1.31 bits per heavy atom. The van der Waals surface area contributed by atoms with E-state index in [0.717, 1.165) is 24.5 Å². The van der Waals surface area contributed by atoms with Gasteiger partial charge in [0.15, 0.2) is 0 Å². The zero-order chi connectivity index (χ0) is 11.4. The minimum Gasteiger partial charge on any atom is -0.319 e. The number of likely N-dealkylation sites (N-methyl/N-ethyl adjacent to an activating group) is 1. The molecule has 0 bridgehead atoms. The van der Waals surface area contributed by atoms with Crippen molar-refractivity contribution < 1.29 is 0 Å². The highest BCUT2D eigenvalue weighted by atomic mass is 14.9. The van der Waals surface area contributed by atoms with Crippen LogP contribution in [-0.4, -0.2) is 23.6 Å². The second-order valence-electron chi connectivity index (χ2n) is 4.69. The summed E-state index contributed by atoms with van der Waals surface area (Å²) in [5.41, 5.74) is 2.39. The molecule has 0 amide bonds. The molecule has 1 aliphatic rings. The minimum atomic E-state index is 0.690. The average Bonchev–Trinajstić information content (AvgIpc) is 2.79. The second-order valence-corrected chi connectivity index (χ2v) is 4.69. The molecule has 88 valence electrons. The van der Waals surface area contributed by atoms with Crippen LogP contribution < -0.4 is 5.32 Å². The zero-order valence-corrected chi connectivity index (χ0v) is 10.3. The van der Waals surface area contributed by atoms with Crippen molar-refractivity contribution in [2.75, 3.05) is 13.6 Å². The molecule has 3 heteroatoms. The number of aromatic nitrogens is 2. The predicted octanol–water partition coefficient (Wildman–Crippen LogP) is 2.20. The van der Waals surface area contributed by atoms with Gasteiger partial charge >= 0.3 is 0 Å². The van der Waals surface area contributed by atoms with Crippen molar-refractivity contribution in [3.63, 3.8) is 0 Å². The van der Waals surface area contributed by atoms with Gasteiger partial charge in [-0.25, -0.2) is 9.97 Å². The summed E-state index contributed by atoms with van der Waals surface area (Å²) in [5, 5.41) is 3.14. The molecule has 2 rings (SSSR count). The van der Waals surface area contributed by atoms with E-state index in [0.29, 0.717) is 5.92 Å². The molecule has 0 aliphatic heterocycles. The van der Waals surface area contributed by atoms with Gasteiger partial charge in [0.05, 0.1) is 0 Å². The number of nitrogens with zero attached hydrogens (tertiary/aromatic N) is 2. The van der Waals surface area contributed by atoms with E-state index in [2.05, 4.69) is 23.3 Å². The van der Waals surface area contributed by atoms with Crippen molar-refractivity contribution in [2.24, 2.45) is 0 Å². The first-order valence-corrected chi connectivity index (χ1v) is 6.28. The van der Waals surface area contributed by atoms with Gasteiger partial charge in [-0.15, -0.1) is 0 Å². The standard InChI is InChI=1S/C13H21N3/c1-10-9-12(11-5-3-4-6-11)16-13(15-10)7-8-14-2/h9,11,14H,3-8H2,1-2H3. The Labute approximate surface area is 97.7 Å². The quantitative estimate of drug-likeness (QED) is 0.843. The van der Waals surface area contributed by atoms with E-state index in [1.54, 1.807) is 0 Å². The van der Waals surface area contributed by atoms with E-state index in [9.17, 15) is 0 Å². The van der Waals surface area contributed by atoms with Gasteiger partial charge in [-0.3, -0.25) is 0 Å². The lowest BCUT2D eigenvalue weighted by Gasteiger charge is -2.11. The van der Waals surface area contributed by atoms with E-state index in [4.69, 9.17) is 4.98 Å². The normalized spacial score (nSPS) is 16.9. The molecule has 1 heterocycles. The molecular weight excluding hydrogens is 198 g/mol. The minimum absolute atomic E-state index is 0.690. The van der Waals surface area contributed by atoms with Crippen molar-refractivity contribution in [1.29, 1.82) is 0 Å². The van der Waals surface area contributed by atoms with Crippen LogP contribution in [0.4, 0.5) is 0 Å². The molecule has 1 N–H and O–H groups in total. The Bertz CT molecular complexity index is 343. The predicted molar refractivity (Wildman–Crippen MR) is 65.6 cm³/mol. The molecule has 0 spiro atoms. The van der Waals surface area contributed by atoms with Gasteiger partial charge in [-0.2, -0.15) is 0 Å². The lowest BCUT2D eigenvalue weighted by molar-refractivity contribution is 0.671. The van der Waals surface area contributed by atoms with Gasteiger partial charge in [0.1, 0.15) is 5.82 Å². The summed E-state index contributed by atoms with van der Waals surface area (Å²) < 4.78 is 0. The Kier molecular flexibility index (Phi) is 3.88. The van der Waals surface area contributed by atoms with Crippen LogP contribution in [0, 0.1) is 6.92 Å². The SMILES string of the molecule is CNCCc1nc(C)cc(C2CCCC2)n1. The van der Waals surface area contributed by atoms with Crippen molar-refractivity contribution in [3.8, 4) is 0 Å². The summed E-state index contributed by atoms with van der Waals surface area (Å²) >= 11 is 0. The highest BCUT2D eigenvalue weighted by molar-refractivity contribution is 5.15. The number of rotatable bonds is 4. The molecule has 0 unspecified atom stereocenters. The van der Waals surface area contributed by atoms with Crippen LogP contribution in [-0.2, 0) is 6.42 Å². The third-order valence-electron chi connectivity index (χ3n) is 3.29. The van der Waals surface area contributed by atoms with Crippen molar-refractivity contribution in [2.45, 2.75) is 44.9 Å². The Morgan fingerprint density at radius 2 is 2.06 bits per heavy atom. The monoisotopic (exact) mass is 219 g/mol. The van der Waals surface area contributed by atoms with Crippen molar-refractivity contribution in [1.82, 2.24) is 15.3 Å². The average molecular weight is 219 g/mol. The van der Waals surface area contributed by atoms with Crippen LogP contribution in [0.2, 0.25) is 0 Å². The van der Waals surface area contributed by atoms with E-state index < -0.39 is 0 Å². The Morgan fingerprint density at radius 3 is 2.75 bits per heavy atom. The topological polar surface area (TPSA) is 37.8 Å². The van der Waals surface area contributed by atoms with E-state index in [-0.39, 0.29) is 0 Å². The largest absolute Gasteiger partial charge is 0.319 e. The second kappa shape index (κ2) is 5.39. The molecular formula is C13H21N3. The fraction of sp³-hybridized carbons (Fsp3) is 0.692. The van der Waals surface area contributed by atoms with Crippen LogP contribution >= 0.6 is 0 Å². The fourth-order valence-corrected chi connectivity index (χ4v) is 2.44. The summed E-state index contributed by atoms with van der Waals surface area (Å²) in [5.74, 6) is 1.69. The number of hydrogen-bond donors (Lipinski definition) is 1. The molecule has 0 radical (unpaired) electrons. The number of hydrogen-bond acceptors (Lipinski definition) is 3. The summed E-state index contributed by atoms with van der Waals surface area (Å²) in [4.78, 5) is 9.19. The smallest absolute Gasteiger partial charge is 0.130 e. The fourth-order valence-electron chi connectivity index (χ4n) is 2.44. The molecule has 0 aromatic carbocycles. The van der Waals surface area contributed by atoms with Crippen LogP contribution in [0.3, 0.4) is 0 Å². The van der Waals surface area contributed by atoms with Crippen LogP contribution in [0.15, 0.2) is 6.07 Å². The molecule has 1 saturated carbocycles. The maximum Gasteiger partial charge on any atom is 0.130 e. The van der Waals surface area contributed by atoms with Gasteiger partial charge < -0.3 is 5.32 Å². The van der Waals surface area contributed by atoms with Gasteiger partial charge in [0.25, 0.3) is 0 Å². The summed E-state index contributed by atoms with van der Waals surface area (Å²) in [6.45, 7) is 3.02. The highest BCUT2D eigenvalue weighted by Crippen LogP contribution is 2.33. The molecule has 1 aliphatic carbocycles. The number of nitrogens with one attached hydrogen (secondary N) is 1. The molecule has 0 atom stereocenters. The van der Waals surface area contributed by atoms with Crippen LogP contribution in [0.25, 0.3) is 0 Å². The Balaban J connectivity index is 2.14. The Hall–Kier alpha value is -0.960. The molecule has 16 heavy (non-hydrogen) atoms. The zero-order valence-electron chi connectivity index (χ0n) is 10.3. The lowest BCUT2D eigenvalue weighted by atomic mass is 10.0. The molecule has 1 aromatic rings. The lowest BCUT2D eigenvalue weighted by Crippen LogP contribution is -2.13. The first kappa shape index (κ1) is 11.5. The van der Waals surface area contributed by atoms with Crippen LogP contribution in [0.1, 0.15) is 48.8 Å². The third kappa shape index (κ3) is 2.79. The van der Waals surface area contributed by atoms with Gasteiger partial charge in [-0.1, -0.05) is 12.8 Å². The van der Waals surface area contributed by atoms with Gasteiger partial charge in [0, 0.05) is 30.3 Å². The highest BCUT2D eigenvalue weighted by Gasteiger charge is 2.19. The van der Waals surface area contributed by atoms with Gasteiger partial charge in [-0.05, 0) is 32.9 Å². The molecule has 1 aromatic heterocycles. The summed E-state index contributed by atoms with van der Waals surface area (Å²) in [6, 6.07) is 2.17. The van der Waals surface area contributed by atoms with Crippen molar-refractivity contribution in [3.05, 3.63) is 23.3 Å². The maximum atomic E-state index is 4.70. The molecule has 1 fully saturated rings. The van der Waals surface area contributed by atoms with Gasteiger partial charge in [0.2, 0.25) is 0 Å². The summed E-state index contributed by atoms with van der Waals surface area (Å²) in [6.07, 6.45) is 6.26. The van der Waals surface area contributed by atoms with Crippen molar-refractivity contribution >= 4 is 0 Å².